The largest absolute Gasteiger partial charge is 0.463 e. The number of carbonyl (C=O) groups excluding carboxylic acids is 1. The molecule has 0 aromatic carbocycles. The fourth-order valence-electron chi connectivity index (χ4n) is 2.02. The number of amides is 2. The molecule has 0 aliphatic carbocycles. The van der Waals surface area contributed by atoms with Crippen LogP contribution >= 0.6 is 0 Å². The molecule has 130 valence electrons. The number of nitrogens with one attached hydrogen (secondary N) is 2. The maximum absolute atomic E-state index is 13.2. The summed E-state index contributed by atoms with van der Waals surface area (Å²) < 4.78 is 44.6. The minimum absolute atomic E-state index is 0.244. The molecule has 3 N–H and O–H groups in total. The Balaban J connectivity index is 1.98. The minimum Gasteiger partial charge on any atom is -0.463 e. The second kappa shape index (κ2) is 6.91. The lowest BCUT2D eigenvalue weighted by Crippen LogP contribution is -2.45. The van der Waals surface area contributed by atoms with E-state index in [1.165, 1.54) is 25.3 Å². The van der Waals surface area contributed by atoms with Crippen molar-refractivity contribution in [3.63, 3.8) is 0 Å². The highest BCUT2D eigenvalue weighted by molar-refractivity contribution is 5.88. The standard InChI is InChI=1S/C15H16F3N3O3/c1-10-5-6-11(24-10)14(23,15(16,17)18)7-9-20-13(22)21-12-4-2-3-8-19-12/h2-6,8,23H,7,9H2,1H3,(H2,19,20,21,22)/t14-/m0/s1. The quantitative estimate of drug-likeness (QED) is 0.779. The zero-order valence-corrected chi connectivity index (χ0v) is 12.7. The van der Waals surface area contributed by atoms with Crippen LogP contribution in [0.1, 0.15) is 17.9 Å². The van der Waals surface area contributed by atoms with Crippen LogP contribution in [0.3, 0.4) is 0 Å². The molecular formula is C15H16F3N3O3. The maximum Gasteiger partial charge on any atom is 0.424 e. The monoisotopic (exact) mass is 343 g/mol. The first-order valence-electron chi connectivity index (χ1n) is 7.04. The fourth-order valence-corrected chi connectivity index (χ4v) is 2.02. The van der Waals surface area contributed by atoms with Crippen molar-refractivity contribution in [1.29, 1.82) is 0 Å². The third-order valence-electron chi connectivity index (χ3n) is 3.30. The Morgan fingerprint density at radius 3 is 2.58 bits per heavy atom. The second-order valence-corrected chi connectivity index (χ2v) is 5.11. The van der Waals surface area contributed by atoms with Crippen molar-refractivity contribution in [2.75, 3.05) is 11.9 Å². The van der Waals surface area contributed by atoms with Crippen LogP contribution in [0.2, 0.25) is 0 Å². The number of aliphatic hydroxyl groups is 1. The summed E-state index contributed by atoms with van der Waals surface area (Å²) in [7, 11) is 0. The van der Waals surface area contributed by atoms with Crippen molar-refractivity contribution in [2.24, 2.45) is 0 Å². The lowest BCUT2D eigenvalue weighted by Gasteiger charge is -2.28. The number of alkyl halides is 3. The molecule has 0 saturated heterocycles. The van der Waals surface area contributed by atoms with Gasteiger partial charge in [0.15, 0.2) is 0 Å². The molecule has 2 aromatic heterocycles. The highest BCUT2D eigenvalue weighted by Gasteiger charge is 2.56. The number of hydrogen-bond donors (Lipinski definition) is 3. The van der Waals surface area contributed by atoms with E-state index in [9.17, 15) is 23.1 Å². The number of rotatable bonds is 5. The van der Waals surface area contributed by atoms with E-state index < -0.39 is 36.5 Å². The molecule has 6 nitrogen and oxygen atoms in total. The fraction of sp³-hybridized carbons (Fsp3) is 0.333. The molecular weight excluding hydrogens is 327 g/mol. The van der Waals surface area contributed by atoms with Crippen LogP contribution in [0.4, 0.5) is 23.8 Å². The lowest BCUT2D eigenvalue weighted by atomic mass is 9.96. The number of urea groups is 1. The van der Waals surface area contributed by atoms with Gasteiger partial charge < -0.3 is 14.8 Å². The Hall–Kier alpha value is -2.55. The number of anilines is 1. The summed E-state index contributed by atoms with van der Waals surface area (Å²) in [6.45, 7) is 1.05. The van der Waals surface area contributed by atoms with Crippen LogP contribution < -0.4 is 10.6 Å². The van der Waals surface area contributed by atoms with E-state index >= 15 is 0 Å². The number of aromatic nitrogens is 1. The van der Waals surface area contributed by atoms with Crippen LogP contribution in [-0.2, 0) is 5.60 Å². The SMILES string of the molecule is Cc1ccc([C@@](O)(CCNC(=O)Nc2ccccn2)C(F)(F)F)o1. The average Bonchev–Trinajstić information content (AvgIpc) is 2.94. The van der Waals surface area contributed by atoms with Gasteiger partial charge in [-0.1, -0.05) is 6.07 Å². The van der Waals surface area contributed by atoms with Gasteiger partial charge in [-0.3, -0.25) is 5.32 Å². The van der Waals surface area contributed by atoms with Gasteiger partial charge in [-0.15, -0.1) is 0 Å². The number of furan rings is 1. The van der Waals surface area contributed by atoms with Crippen LogP contribution in [0.15, 0.2) is 40.9 Å². The summed E-state index contributed by atoms with van der Waals surface area (Å²) in [5, 5.41) is 14.6. The molecule has 0 radical (unpaired) electrons. The smallest absolute Gasteiger partial charge is 0.424 e. The Bertz CT molecular complexity index is 688. The Morgan fingerprint density at radius 2 is 2.04 bits per heavy atom. The zero-order chi connectivity index (χ0) is 17.8. The summed E-state index contributed by atoms with van der Waals surface area (Å²) in [4.78, 5) is 15.5. The molecule has 0 aliphatic heterocycles. The van der Waals surface area contributed by atoms with Gasteiger partial charge in [-0.25, -0.2) is 9.78 Å². The van der Waals surface area contributed by atoms with Crippen molar-refractivity contribution < 1.29 is 27.5 Å². The Kier molecular flexibility index (Phi) is 5.13. The third-order valence-corrected chi connectivity index (χ3v) is 3.30. The van der Waals surface area contributed by atoms with Gasteiger partial charge in [0.2, 0.25) is 5.60 Å². The Morgan fingerprint density at radius 1 is 1.29 bits per heavy atom. The first-order chi connectivity index (χ1) is 11.2. The third kappa shape index (κ3) is 4.05. The van der Waals surface area contributed by atoms with E-state index in [0.717, 1.165) is 6.07 Å². The molecule has 0 unspecified atom stereocenters. The predicted molar refractivity (Wildman–Crippen MR) is 79.3 cm³/mol. The average molecular weight is 343 g/mol. The molecule has 9 heteroatoms. The number of hydrogen-bond acceptors (Lipinski definition) is 4. The molecule has 2 rings (SSSR count). The number of carbonyl (C=O) groups is 1. The van der Waals surface area contributed by atoms with Crippen molar-refractivity contribution in [2.45, 2.75) is 25.1 Å². The molecule has 0 fully saturated rings. The lowest BCUT2D eigenvalue weighted by molar-refractivity contribution is -0.274. The summed E-state index contributed by atoms with van der Waals surface area (Å²) in [6.07, 6.45) is -4.28. The molecule has 1 atom stereocenters. The highest BCUT2D eigenvalue weighted by Crippen LogP contribution is 2.41. The molecule has 2 heterocycles. The molecule has 0 bridgehead atoms. The van der Waals surface area contributed by atoms with Gasteiger partial charge in [-0.2, -0.15) is 13.2 Å². The van der Waals surface area contributed by atoms with Crippen molar-refractivity contribution in [3.8, 4) is 0 Å². The van der Waals surface area contributed by atoms with Gasteiger partial charge in [0.1, 0.15) is 17.3 Å². The zero-order valence-electron chi connectivity index (χ0n) is 12.7. The predicted octanol–water partition coefficient (Wildman–Crippen LogP) is 2.94. The molecule has 0 saturated carbocycles. The normalized spacial score (nSPS) is 14.0. The topological polar surface area (TPSA) is 87.4 Å². The molecule has 2 aromatic rings. The van der Waals surface area contributed by atoms with E-state index in [0.29, 0.717) is 0 Å². The summed E-state index contributed by atoms with van der Waals surface area (Å²) >= 11 is 0. The van der Waals surface area contributed by atoms with E-state index in [1.54, 1.807) is 12.1 Å². The molecule has 24 heavy (non-hydrogen) atoms. The van der Waals surface area contributed by atoms with Crippen LogP contribution in [-0.4, -0.2) is 28.8 Å². The van der Waals surface area contributed by atoms with Crippen LogP contribution in [0.25, 0.3) is 0 Å². The van der Waals surface area contributed by atoms with Gasteiger partial charge in [0.25, 0.3) is 0 Å². The Labute approximate surface area is 135 Å². The molecule has 0 spiro atoms. The number of aryl methyl sites for hydroxylation is 1. The molecule has 2 amide bonds. The first-order valence-corrected chi connectivity index (χ1v) is 7.04. The van der Waals surface area contributed by atoms with Gasteiger partial charge in [0, 0.05) is 19.2 Å². The van der Waals surface area contributed by atoms with Gasteiger partial charge in [-0.05, 0) is 31.2 Å². The van der Waals surface area contributed by atoms with Gasteiger partial charge in [0.05, 0.1) is 0 Å². The number of pyridine rings is 1. The number of nitrogens with zero attached hydrogens (tertiary/aromatic N) is 1. The molecule has 0 aliphatic rings. The van der Waals surface area contributed by atoms with E-state index in [1.807, 2.05) is 0 Å². The van der Waals surface area contributed by atoms with E-state index in [-0.39, 0.29) is 11.6 Å². The van der Waals surface area contributed by atoms with Crippen LogP contribution in [0, 0.1) is 6.92 Å². The van der Waals surface area contributed by atoms with Crippen LogP contribution in [0.5, 0.6) is 0 Å². The second-order valence-electron chi connectivity index (χ2n) is 5.11. The van der Waals surface area contributed by atoms with Crippen molar-refractivity contribution in [1.82, 2.24) is 10.3 Å². The summed E-state index contributed by atoms with van der Waals surface area (Å²) in [5.41, 5.74) is -3.18. The van der Waals surface area contributed by atoms with Crippen molar-refractivity contribution >= 4 is 11.8 Å². The minimum atomic E-state index is -4.95. The van der Waals surface area contributed by atoms with E-state index in [2.05, 4.69) is 15.6 Å². The highest BCUT2D eigenvalue weighted by atomic mass is 19.4. The summed E-state index contributed by atoms with van der Waals surface area (Å²) in [6, 6.07) is 6.48. The number of halogens is 3. The van der Waals surface area contributed by atoms with E-state index in [4.69, 9.17) is 4.42 Å². The summed E-state index contributed by atoms with van der Waals surface area (Å²) in [5.74, 6) is -0.115. The van der Waals surface area contributed by atoms with Crippen molar-refractivity contribution in [3.05, 3.63) is 48.0 Å². The maximum atomic E-state index is 13.2. The first kappa shape index (κ1) is 17.8. The van der Waals surface area contributed by atoms with Gasteiger partial charge >= 0.3 is 12.2 Å².